The van der Waals surface area contributed by atoms with Gasteiger partial charge in [0.15, 0.2) is 0 Å². The first-order chi connectivity index (χ1) is 12.4. The highest BCUT2D eigenvalue weighted by molar-refractivity contribution is 9.10. The van der Waals surface area contributed by atoms with Crippen LogP contribution in [0.15, 0.2) is 34.8 Å². The number of carbonyl (C=O) groups is 1. The van der Waals surface area contributed by atoms with Gasteiger partial charge in [-0.05, 0) is 30.0 Å². The van der Waals surface area contributed by atoms with E-state index in [1.54, 1.807) is 24.3 Å². The second kappa shape index (κ2) is 7.88. The van der Waals surface area contributed by atoms with Crippen molar-refractivity contribution in [1.29, 1.82) is 0 Å². The Bertz CT molecular complexity index is 828. The summed E-state index contributed by atoms with van der Waals surface area (Å²) in [6.07, 6.45) is -4.33. The van der Waals surface area contributed by atoms with E-state index < -0.39 is 29.2 Å². The molecule has 146 valence electrons. The topological polar surface area (TPSA) is 59.4 Å². The number of pyridine rings is 1. The van der Waals surface area contributed by atoms with E-state index in [1.165, 1.54) is 0 Å². The number of alkyl halides is 3. The number of benzene rings is 1. The molecule has 27 heavy (non-hydrogen) atoms. The molecular weight excluding hydrogens is 427 g/mol. The summed E-state index contributed by atoms with van der Waals surface area (Å²) in [5.41, 5.74) is -1.97. The molecular formula is C19H19BrF3NO3. The molecule has 0 unspecified atom stereocenters. The van der Waals surface area contributed by atoms with Gasteiger partial charge in [0.05, 0.1) is 17.9 Å². The first-order valence-electron chi connectivity index (χ1n) is 8.13. The third-order valence-corrected chi connectivity index (χ3v) is 4.27. The Morgan fingerprint density at radius 3 is 2.26 bits per heavy atom. The minimum Gasteiger partial charge on any atom is -0.477 e. The third kappa shape index (κ3) is 5.69. The van der Waals surface area contributed by atoms with Crippen LogP contribution in [0.2, 0.25) is 0 Å². The molecule has 1 aromatic carbocycles. The van der Waals surface area contributed by atoms with E-state index in [0.29, 0.717) is 12.0 Å². The first kappa shape index (κ1) is 21.2. The van der Waals surface area contributed by atoms with Gasteiger partial charge in [-0.25, -0.2) is 9.78 Å². The predicted octanol–water partition coefficient (Wildman–Crippen LogP) is 6.04. The summed E-state index contributed by atoms with van der Waals surface area (Å²) >= 11 is 3.26. The van der Waals surface area contributed by atoms with Gasteiger partial charge in [0.25, 0.3) is 0 Å². The Hall–Kier alpha value is -2.09. The zero-order chi connectivity index (χ0) is 20.4. The number of carboxylic acids is 1. The minimum absolute atomic E-state index is 0.00872. The molecule has 0 aliphatic carbocycles. The Morgan fingerprint density at radius 2 is 1.78 bits per heavy atom. The van der Waals surface area contributed by atoms with Crippen molar-refractivity contribution in [3.8, 4) is 17.1 Å². The maximum absolute atomic E-state index is 13.5. The van der Waals surface area contributed by atoms with E-state index in [0.717, 1.165) is 10.5 Å². The molecule has 0 aliphatic heterocycles. The molecule has 2 rings (SSSR count). The van der Waals surface area contributed by atoms with E-state index in [9.17, 15) is 23.1 Å². The SMILES string of the molecule is CC(C)(C)CCOc1nc(-c2ccc(Br)cc2)cc(C(F)(F)F)c1C(=O)O. The van der Waals surface area contributed by atoms with Crippen LogP contribution in [0.4, 0.5) is 13.2 Å². The van der Waals surface area contributed by atoms with Gasteiger partial charge in [-0.15, -0.1) is 0 Å². The van der Waals surface area contributed by atoms with Gasteiger partial charge in [-0.2, -0.15) is 13.2 Å². The smallest absolute Gasteiger partial charge is 0.417 e. The molecule has 4 nitrogen and oxygen atoms in total. The van der Waals surface area contributed by atoms with Gasteiger partial charge in [0.1, 0.15) is 5.56 Å². The number of nitrogens with zero attached hydrogens (tertiary/aromatic N) is 1. The Balaban J connectivity index is 2.58. The number of hydrogen-bond acceptors (Lipinski definition) is 3. The Kier molecular flexibility index (Phi) is 6.19. The molecule has 0 spiro atoms. The monoisotopic (exact) mass is 445 g/mol. The number of hydrogen-bond donors (Lipinski definition) is 1. The summed E-state index contributed by atoms with van der Waals surface area (Å²) < 4.78 is 46.7. The zero-order valence-electron chi connectivity index (χ0n) is 15.0. The van der Waals surface area contributed by atoms with Crippen LogP contribution in [-0.2, 0) is 6.18 Å². The maximum atomic E-state index is 13.5. The highest BCUT2D eigenvalue weighted by Gasteiger charge is 2.39. The quantitative estimate of drug-likeness (QED) is 0.608. The Labute approximate surface area is 163 Å². The van der Waals surface area contributed by atoms with Crippen molar-refractivity contribution in [3.05, 3.63) is 45.9 Å². The van der Waals surface area contributed by atoms with E-state index in [4.69, 9.17) is 4.74 Å². The average Bonchev–Trinajstić information content (AvgIpc) is 2.52. The maximum Gasteiger partial charge on any atom is 0.417 e. The summed E-state index contributed by atoms with van der Waals surface area (Å²) in [7, 11) is 0. The largest absolute Gasteiger partial charge is 0.477 e. The average molecular weight is 446 g/mol. The standard InChI is InChI=1S/C19H19BrF3NO3/c1-18(2,3)8-9-27-16-15(17(25)26)13(19(21,22)23)10-14(24-16)11-4-6-12(20)7-5-11/h4-7,10H,8-9H2,1-3H3,(H,25,26). The molecule has 0 amide bonds. The van der Waals surface area contributed by atoms with E-state index in [1.807, 2.05) is 20.8 Å². The van der Waals surface area contributed by atoms with Crippen molar-refractivity contribution in [2.24, 2.45) is 5.41 Å². The summed E-state index contributed by atoms with van der Waals surface area (Å²) in [6.45, 7) is 5.89. The Morgan fingerprint density at radius 1 is 1.19 bits per heavy atom. The molecule has 8 heteroatoms. The van der Waals surface area contributed by atoms with Crippen LogP contribution in [0.5, 0.6) is 5.88 Å². The lowest BCUT2D eigenvalue weighted by Crippen LogP contribution is -2.18. The third-order valence-electron chi connectivity index (χ3n) is 3.74. The molecule has 1 N–H and O–H groups in total. The molecule has 0 fully saturated rings. The van der Waals surface area contributed by atoms with Gasteiger partial charge in [0.2, 0.25) is 5.88 Å². The van der Waals surface area contributed by atoms with E-state index >= 15 is 0 Å². The van der Waals surface area contributed by atoms with Crippen molar-refractivity contribution < 1.29 is 27.8 Å². The van der Waals surface area contributed by atoms with Crippen LogP contribution in [0.3, 0.4) is 0 Å². The van der Waals surface area contributed by atoms with Crippen LogP contribution < -0.4 is 4.74 Å². The van der Waals surface area contributed by atoms with Crippen molar-refractivity contribution in [3.63, 3.8) is 0 Å². The molecule has 0 radical (unpaired) electrons. The molecule has 0 saturated carbocycles. The molecule has 0 atom stereocenters. The number of carboxylic acid groups (broad SMARTS) is 1. The van der Waals surface area contributed by atoms with Crippen molar-refractivity contribution >= 4 is 21.9 Å². The zero-order valence-corrected chi connectivity index (χ0v) is 16.6. The van der Waals surface area contributed by atoms with Gasteiger partial charge < -0.3 is 9.84 Å². The molecule has 0 bridgehead atoms. The van der Waals surface area contributed by atoms with Gasteiger partial charge >= 0.3 is 12.1 Å². The second-order valence-corrected chi connectivity index (χ2v) is 8.12. The summed E-state index contributed by atoms with van der Waals surface area (Å²) in [5, 5.41) is 9.34. The fourth-order valence-corrected chi connectivity index (χ4v) is 2.54. The fraction of sp³-hybridized carbons (Fsp3) is 0.368. The highest BCUT2D eigenvalue weighted by Crippen LogP contribution is 2.38. The van der Waals surface area contributed by atoms with Gasteiger partial charge in [0, 0.05) is 10.0 Å². The molecule has 0 aliphatic rings. The van der Waals surface area contributed by atoms with Crippen LogP contribution in [0, 0.1) is 5.41 Å². The number of aromatic carboxylic acids is 1. The number of rotatable bonds is 5. The number of aromatic nitrogens is 1. The van der Waals surface area contributed by atoms with Crippen LogP contribution >= 0.6 is 15.9 Å². The summed E-state index contributed by atoms with van der Waals surface area (Å²) in [4.78, 5) is 15.6. The van der Waals surface area contributed by atoms with Crippen LogP contribution in [0.1, 0.15) is 43.1 Å². The second-order valence-electron chi connectivity index (χ2n) is 7.20. The van der Waals surface area contributed by atoms with E-state index in [2.05, 4.69) is 20.9 Å². The highest BCUT2D eigenvalue weighted by atomic mass is 79.9. The summed E-state index contributed by atoms with van der Waals surface area (Å²) in [6, 6.07) is 7.24. The first-order valence-corrected chi connectivity index (χ1v) is 8.92. The lowest BCUT2D eigenvalue weighted by atomic mass is 9.93. The van der Waals surface area contributed by atoms with Crippen molar-refractivity contribution in [2.75, 3.05) is 6.61 Å². The molecule has 1 aromatic heterocycles. The fourth-order valence-electron chi connectivity index (χ4n) is 2.28. The molecule has 0 saturated heterocycles. The van der Waals surface area contributed by atoms with Crippen molar-refractivity contribution in [1.82, 2.24) is 4.98 Å². The normalized spacial score (nSPS) is 12.1. The van der Waals surface area contributed by atoms with E-state index in [-0.39, 0.29) is 17.7 Å². The summed E-state index contributed by atoms with van der Waals surface area (Å²) in [5.74, 6) is -2.26. The lowest BCUT2D eigenvalue weighted by molar-refractivity contribution is -0.138. The number of ether oxygens (including phenoxy) is 1. The van der Waals surface area contributed by atoms with Crippen LogP contribution in [-0.4, -0.2) is 22.7 Å². The van der Waals surface area contributed by atoms with Crippen LogP contribution in [0.25, 0.3) is 11.3 Å². The lowest BCUT2D eigenvalue weighted by Gasteiger charge is -2.20. The predicted molar refractivity (Wildman–Crippen MR) is 98.9 cm³/mol. The van der Waals surface area contributed by atoms with Gasteiger partial charge in [-0.3, -0.25) is 0 Å². The minimum atomic E-state index is -4.86. The molecule has 1 heterocycles. The van der Waals surface area contributed by atoms with Crippen molar-refractivity contribution in [2.45, 2.75) is 33.4 Å². The van der Waals surface area contributed by atoms with Gasteiger partial charge in [-0.1, -0.05) is 48.8 Å². The molecule has 2 aromatic rings. The number of halogens is 4.